The van der Waals surface area contributed by atoms with Crippen molar-refractivity contribution < 1.29 is 14.0 Å². The van der Waals surface area contributed by atoms with E-state index in [2.05, 4.69) is 10.3 Å². The van der Waals surface area contributed by atoms with Crippen molar-refractivity contribution in [2.24, 2.45) is 4.99 Å². The summed E-state index contributed by atoms with van der Waals surface area (Å²) in [7, 11) is 0. The number of aliphatic imine (C=N–C) groups is 1. The molecule has 168 valence electrons. The van der Waals surface area contributed by atoms with Gasteiger partial charge in [0.05, 0.1) is 12.2 Å². The zero-order valence-corrected chi connectivity index (χ0v) is 19.2. The van der Waals surface area contributed by atoms with Crippen LogP contribution in [-0.4, -0.2) is 27.1 Å². The fourth-order valence-electron chi connectivity index (χ4n) is 3.55. The van der Waals surface area contributed by atoms with Crippen LogP contribution in [0.3, 0.4) is 0 Å². The topological polar surface area (TPSA) is 61.8 Å². The van der Waals surface area contributed by atoms with Crippen molar-refractivity contribution in [2.45, 2.75) is 32.1 Å². The van der Waals surface area contributed by atoms with Crippen LogP contribution in [0.2, 0.25) is 0 Å². The van der Waals surface area contributed by atoms with E-state index < -0.39 is 5.25 Å². The van der Waals surface area contributed by atoms with E-state index in [1.54, 1.807) is 17.0 Å². The van der Waals surface area contributed by atoms with Crippen LogP contribution in [0, 0.1) is 19.7 Å². The van der Waals surface area contributed by atoms with Gasteiger partial charge in [-0.2, -0.15) is 0 Å². The minimum absolute atomic E-state index is 0.0520. The molecule has 0 radical (unpaired) electrons. The van der Waals surface area contributed by atoms with Gasteiger partial charge in [0, 0.05) is 12.1 Å². The van der Waals surface area contributed by atoms with Crippen LogP contribution >= 0.6 is 11.8 Å². The van der Waals surface area contributed by atoms with Gasteiger partial charge in [-0.15, -0.1) is 0 Å². The highest BCUT2D eigenvalue weighted by Crippen LogP contribution is 2.31. The van der Waals surface area contributed by atoms with Crippen LogP contribution in [-0.2, 0) is 16.1 Å². The number of amidine groups is 1. The van der Waals surface area contributed by atoms with Crippen LogP contribution in [0.25, 0.3) is 0 Å². The number of nitrogens with zero attached hydrogens (tertiary/aromatic N) is 2. The fourth-order valence-corrected chi connectivity index (χ4v) is 4.65. The molecule has 1 aliphatic heterocycles. The Morgan fingerprint density at radius 3 is 2.52 bits per heavy atom. The number of rotatable bonds is 5. The summed E-state index contributed by atoms with van der Waals surface area (Å²) in [5.41, 5.74) is 4.28. The Kier molecular flexibility index (Phi) is 6.89. The molecule has 1 atom stereocenters. The second-order valence-electron chi connectivity index (χ2n) is 7.95. The molecule has 1 saturated heterocycles. The van der Waals surface area contributed by atoms with Crippen LogP contribution in [0.15, 0.2) is 77.8 Å². The van der Waals surface area contributed by atoms with Crippen molar-refractivity contribution in [2.75, 3.05) is 5.32 Å². The first-order valence-corrected chi connectivity index (χ1v) is 11.5. The number of nitrogens with one attached hydrogen (secondary N) is 1. The quantitative estimate of drug-likeness (QED) is 0.538. The third kappa shape index (κ3) is 5.68. The van der Waals surface area contributed by atoms with Gasteiger partial charge in [0.2, 0.25) is 11.8 Å². The van der Waals surface area contributed by atoms with E-state index in [0.717, 1.165) is 22.4 Å². The van der Waals surface area contributed by atoms with Gasteiger partial charge < -0.3 is 5.32 Å². The molecule has 2 amide bonds. The largest absolute Gasteiger partial charge is 0.325 e. The maximum absolute atomic E-state index is 13.3. The smallest absolute Gasteiger partial charge is 0.238 e. The third-order valence-corrected chi connectivity index (χ3v) is 6.49. The maximum atomic E-state index is 13.3. The van der Waals surface area contributed by atoms with E-state index in [0.29, 0.717) is 10.9 Å². The molecule has 0 bridgehead atoms. The summed E-state index contributed by atoms with van der Waals surface area (Å²) in [5.74, 6) is -0.768. The average molecular weight is 462 g/mol. The van der Waals surface area contributed by atoms with E-state index >= 15 is 0 Å². The van der Waals surface area contributed by atoms with Crippen molar-refractivity contribution in [3.8, 4) is 0 Å². The van der Waals surface area contributed by atoms with Gasteiger partial charge in [0.25, 0.3) is 0 Å². The van der Waals surface area contributed by atoms with E-state index in [4.69, 9.17) is 0 Å². The summed E-state index contributed by atoms with van der Waals surface area (Å²) in [6, 6.07) is 21.1. The fraction of sp³-hybridized carbons (Fsp3) is 0.192. The number of anilines is 1. The molecule has 4 rings (SSSR count). The normalized spacial score (nSPS) is 17.3. The summed E-state index contributed by atoms with van der Waals surface area (Å²) >= 11 is 1.27. The zero-order valence-electron chi connectivity index (χ0n) is 18.4. The Hall–Kier alpha value is -3.45. The molecule has 0 saturated carbocycles. The van der Waals surface area contributed by atoms with E-state index in [1.807, 2.05) is 62.4 Å². The number of benzene rings is 3. The van der Waals surface area contributed by atoms with Gasteiger partial charge in [0.15, 0.2) is 5.17 Å². The number of aryl methyl sites for hydroxylation is 2. The van der Waals surface area contributed by atoms with Crippen molar-refractivity contribution in [1.29, 1.82) is 0 Å². The molecule has 5 nitrogen and oxygen atoms in total. The highest BCUT2D eigenvalue weighted by molar-refractivity contribution is 8.15. The molecule has 3 aromatic rings. The molecular formula is C26H24FN3O2S. The standard InChI is InChI=1S/C26H24FN3O2S/c1-17-8-13-22(18(2)14-17)29-25(32)23-15-24(31)30(16-19-9-11-20(27)12-10-19)26(33-23)28-21-6-4-3-5-7-21/h3-14,23H,15-16H2,1-2H3,(H,29,32). The minimum Gasteiger partial charge on any atom is -0.325 e. The van der Waals surface area contributed by atoms with Gasteiger partial charge in [-0.1, -0.05) is 59.8 Å². The Balaban J connectivity index is 1.59. The number of para-hydroxylation sites is 1. The summed E-state index contributed by atoms with van der Waals surface area (Å²) in [6.07, 6.45) is 0.0520. The minimum atomic E-state index is -0.606. The number of amides is 2. The molecule has 7 heteroatoms. The molecule has 0 aliphatic carbocycles. The number of carbonyl (C=O) groups is 2. The monoisotopic (exact) mass is 461 g/mol. The molecule has 0 spiro atoms. The van der Waals surface area contributed by atoms with Crippen molar-refractivity contribution in [3.63, 3.8) is 0 Å². The lowest BCUT2D eigenvalue weighted by atomic mass is 10.1. The lowest BCUT2D eigenvalue weighted by Gasteiger charge is -2.32. The molecule has 1 heterocycles. The molecule has 3 aromatic carbocycles. The number of hydrogen-bond donors (Lipinski definition) is 1. The van der Waals surface area contributed by atoms with Crippen molar-refractivity contribution >= 4 is 40.1 Å². The predicted octanol–water partition coefficient (Wildman–Crippen LogP) is 5.60. The Morgan fingerprint density at radius 1 is 1.09 bits per heavy atom. The highest BCUT2D eigenvalue weighted by atomic mass is 32.2. The third-order valence-electron chi connectivity index (χ3n) is 5.31. The van der Waals surface area contributed by atoms with Gasteiger partial charge in [-0.05, 0) is 55.3 Å². The SMILES string of the molecule is Cc1ccc(NC(=O)C2CC(=O)N(Cc3ccc(F)cc3)C(=Nc3ccccc3)S2)c(C)c1. The summed E-state index contributed by atoms with van der Waals surface area (Å²) in [5, 5.41) is 2.80. The number of thioether (sulfide) groups is 1. The summed E-state index contributed by atoms with van der Waals surface area (Å²) < 4.78 is 13.3. The van der Waals surface area contributed by atoms with Crippen LogP contribution in [0.5, 0.6) is 0 Å². The molecule has 33 heavy (non-hydrogen) atoms. The first-order valence-electron chi connectivity index (χ1n) is 10.6. The second-order valence-corrected chi connectivity index (χ2v) is 9.12. The molecule has 0 aromatic heterocycles. The second kappa shape index (κ2) is 10.0. The lowest BCUT2D eigenvalue weighted by molar-refractivity contribution is -0.129. The van der Waals surface area contributed by atoms with E-state index in [1.165, 1.54) is 23.9 Å². The Bertz CT molecular complexity index is 1200. The lowest BCUT2D eigenvalue weighted by Crippen LogP contribution is -2.44. The zero-order chi connectivity index (χ0) is 23.4. The van der Waals surface area contributed by atoms with Gasteiger partial charge in [-0.3, -0.25) is 14.5 Å². The Morgan fingerprint density at radius 2 is 1.82 bits per heavy atom. The summed E-state index contributed by atoms with van der Waals surface area (Å²) in [6.45, 7) is 4.19. The first-order chi connectivity index (χ1) is 15.9. The number of halogens is 1. The van der Waals surface area contributed by atoms with Crippen LogP contribution in [0.4, 0.5) is 15.8 Å². The molecule has 1 N–H and O–H groups in total. The molecule has 1 unspecified atom stereocenters. The number of carbonyl (C=O) groups excluding carboxylic acids is 2. The van der Waals surface area contributed by atoms with Crippen LogP contribution in [0.1, 0.15) is 23.1 Å². The van der Waals surface area contributed by atoms with Crippen molar-refractivity contribution in [1.82, 2.24) is 4.90 Å². The van der Waals surface area contributed by atoms with E-state index in [-0.39, 0.29) is 30.6 Å². The highest BCUT2D eigenvalue weighted by Gasteiger charge is 2.36. The van der Waals surface area contributed by atoms with Gasteiger partial charge in [0.1, 0.15) is 11.1 Å². The van der Waals surface area contributed by atoms with Gasteiger partial charge >= 0.3 is 0 Å². The summed E-state index contributed by atoms with van der Waals surface area (Å²) in [4.78, 5) is 32.4. The van der Waals surface area contributed by atoms with E-state index in [9.17, 15) is 14.0 Å². The van der Waals surface area contributed by atoms with Crippen molar-refractivity contribution in [3.05, 3.63) is 95.3 Å². The van der Waals surface area contributed by atoms with Gasteiger partial charge in [-0.25, -0.2) is 9.38 Å². The molecule has 1 fully saturated rings. The van der Waals surface area contributed by atoms with Crippen LogP contribution < -0.4 is 5.32 Å². The average Bonchev–Trinajstić information content (AvgIpc) is 2.79. The molecule has 1 aliphatic rings. The maximum Gasteiger partial charge on any atom is 0.238 e. The molecular weight excluding hydrogens is 437 g/mol. The number of hydrogen-bond acceptors (Lipinski definition) is 4. The first kappa shape index (κ1) is 22.7. The Labute approximate surface area is 196 Å². The predicted molar refractivity (Wildman–Crippen MR) is 131 cm³/mol.